The Bertz CT molecular complexity index is 1210. The zero-order valence-corrected chi connectivity index (χ0v) is 18.6. The van der Waals surface area contributed by atoms with E-state index in [2.05, 4.69) is 19.9 Å². The number of alkyl halides is 6. The molecule has 14 heteroatoms. The van der Waals surface area contributed by atoms with Crippen molar-refractivity contribution in [2.45, 2.75) is 43.8 Å². The van der Waals surface area contributed by atoms with Crippen molar-refractivity contribution < 1.29 is 35.8 Å². The minimum absolute atomic E-state index is 0.0504. The van der Waals surface area contributed by atoms with Crippen LogP contribution < -0.4 is 4.90 Å². The molecular formula is C21H18ClF6N5O2. The monoisotopic (exact) mass is 521 g/mol. The summed E-state index contributed by atoms with van der Waals surface area (Å²) in [7, 11) is 0. The number of aromatic amines is 1. The molecule has 5 rings (SSSR count). The third-order valence-corrected chi connectivity index (χ3v) is 6.29. The number of rotatable bonds is 3. The molecule has 0 radical (unpaired) electrons. The van der Waals surface area contributed by atoms with Crippen LogP contribution in [0.4, 0.5) is 32.3 Å². The highest BCUT2D eigenvalue weighted by atomic mass is 35.5. The van der Waals surface area contributed by atoms with Crippen molar-refractivity contribution in [3.05, 3.63) is 46.1 Å². The van der Waals surface area contributed by atoms with E-state index < -0.39 is 36.0 Å². The third-order valence-electron chi connectivity index (χ3n) is 6.06. The number of fused-ring (bicyclic) bond motifs is 3. The maximum atomic E-state index is 13.4. The number of nitrogens with one attached hydrogen (secondary N) is 1. The van der Waals surface area contributed by atoms with Crippen LogP contribution in [0, 0.1) is 0 Å². The quantitative estimate of drug-likeness (QED) is 0.471. The van der Waals surface area contributed by atoms with Crippen molar-refractivity contribution in [3.8, 4) is 0 Å². The molecule has 1 N–H and O–H groups in total. The van der Waals surface area contributed by atoms with Gasteiger partial charge in [-0.15, -0.1) is 0 Å². The highest BCUT2D eigenvalue weighted by Crippen LogP contribution is 2.41. The van der Waals surface area contributed by atoms with Crippen molar-refractivity contribution in [2.75, 3.05) is 24.8 Å². The molecular weight excluding hydrogens is 504 g/mol. The van der Waals surface area contributed by atoms with Gasteiger partial charge in [-0.1, -0.05) is 11.6 Å². The second kappa shape index (κ2) is 8.79. The number of hydrogen-bond acceptors (Lipinski definition) is 6. The van der Waals surface area contributed by atoms with Gasteiger partial charge in [0.15, 0.2) is 0 Å². The topological polar surface area (TPSA) is 76.2 Å². The van der Waals surface area contributed by atoms with Crippen LogP contribution in [0.1, 0.15) is 41.8 Å². The summed E-state index contributed by atoms with van der Waals surface area (Å²) in [6.07, 6.45) is -9.58. The fourth-order valence-electron chi connectivity index (χ4n) is 4.51. The number of benzene rings is 1. The number of nitrogens with zero attached hydrogens (tertiary/aromatic N) is 4. The van der Waals surface area contributed by atoms with Crippen molar-refractivity contribution in [2.24, 2.45) is 0 Å². The van der Waals surface area contributed by atoms with Crippen LogP contribution in [0.2, 0.25) is 5.02 Å². The Labute approximate surface area is 199 Å². The lowest BCUT2D eigenvalue weighted by Crippen LogP contribution is -2.40. The van der Waals surface area contributed by atoms with E-state index in [0.29, 0.717) is 30.2 Å². The second-order valence-corrected chi connectivity index (χ2v) is 8.72. The van der Waals surface area contributed by atoms with Gasteiger partial charge < -0.3 is 19.4 Å². The van der Waals surface area contributed by atoms with Gasteiger partial charge in [-0.25, -0.2) is 4.98 Å². The van der Waals surface area contributed by atoms with Gasteiger partial charge in [-0.05, 0) is 43.0 Å². The van der Waals surface area contributed by atoms with Crippen molar-refractivity contribution in [1.82, 2.24) is 19.9 Å². The molecule has 3 aromatic rings. The minimum Gasteiger partial charge on any atom is -0.356 e. The van der Waals surface area contributed by atoms with Gasteiger partial charge in [0.25, 0.3) is 0 Å². The first-order chi connectivity index (χ1) is 16.5. The summed E-state index contributed by atoms with van der Waals surface area (Å²) in [5.74, 6) is -4.49. The molecule has 2 atom stereocenters. The summed E-state index contributed by atoms with van der Waals surface area (Å²) in [6, 6.07) is 4.56. The SMILES string of the molecule is FC(F)(F)c1nc(N2CCc3c([nH]c4ccc(Cl)cc34)[C@@H]2C[C@@H]2CCOCO2)nc(C(F)(F)F)n1. The van der Waals surface area contributed by atoms with E-state index >= 15 is 0 Å². The van der Waals surface area contributed by atoms with Crippen molar-refractivity contribution in [3.63, 3.8) is 0 Å². The van der Waals surface area contributed by atoms with Gasteiger partial charge in [0.1, 0.15) is 6.79 Å². The largest absolute Gasteiger partial charge is 0.451 e. The molecule has 0 aliphatic carbocycles. The number of aromatic nitrogens is 4. The van der Waals surface area contributed by atoms with E-state index in [4.69, 9.17) is 21.1 Å². The Morgan fingerprint density at radius 2 is 1.77 bits per heavy atom. The van der Waals surface area contributed by atoms with Gasteiger partial charge >= 0.3 is 12.4 Å². The summed E-state index contributed by atoms with van der Waals surface area (Å²) >= 11 is 6.16. The summed E-state index contributed by atoms with van der Waals surface area (Å²) < 4.78 is 91.2. The van der Waals surface area contributed by atoms with E-state index in [9.17, 15) is 26.3 Å². The molecule has 7 nitrogen and oxygen atoms in total. The van der Waals surface area contributed by atoms with Crippen LogP contribution in [-0.4, -0.2) is 46.0 Å². The molecule has 4 heterocycles. The maximum absolute atomic E-state index is 13.4. The van der Waals surface area contributed by atoms with E-state index in [-0.39, 0.29) is 25.9 Å². The number of hydrogen-bond donors (Lipinski definition) is 1. The summed E-state index contributed by atoms with van der Waals surface area (Å²) in [5.41, 5.74) is 2.28. The minimum atomic E-state index is -5.18. The average Bonchev–Trinajstić information content (AvgIpc) is 3.17. The Kier molecular flexibility index (Phi) is 6.04. The maximum Gasteiger partial charge on any atom is 0.451 e. The molecule has 1 fully saturated rings. The molecule has 0 unspecified atom stereocenters. The fraction of sp³-hybridized carbons (Fsp3) is 0.476. The van der Waals surface area contributed by atoms with Gasteiger partial charge in [0.05, 0.1) is 18.8 Å². The lowest BCUT2D eigenvalue weighted by atomic mass is 9.93. The smallest absolute Gasteiger partial charge is 0.356 e. The zero-order chi connectivity index (χ0) is 25.0. The summed E-state index contributed by atoms with van der Waals surface area (Å²) in [6.45, 7) is 0.558. The first kappa shape index (κ1) is 24.1. The molecule has 0 bridgehead atoms. The van der Waals surface area contributed by atoms with Crippen molar-refractivity contribution in [1.29, 1.82) is 0 Å². The molecule has 0 amide bonds. The standard InChI is InChI=1S/C21H18ClF6N5O2/c22-10-1-2-14-13(7-10)12-3-5-33(15(16(12)29-14)8-11-4-6-34-9-35-11)19-31-17(20(23,24)25)30-18(32-19)21(26,27)28/h1-2,7,11,15,29H,3-6,8-9H2/t11-,15-/m0/s1. The molecule has 2 aliphatic rings. The number of halogens is 7. The van der Waals surface area contributed by atoms with Gasteiger partial charge in [0.2, 0.25) is 17.6 Å². The average molecular weight is 522 g/mol. The molecule has 1 aromatic carbocycles. The van der Waals surface area contributed by atoms with E-state index in [1.165, 1.54) is 4.90 Å². The molecule has 0 saturated carbocycles. The molecule has 35 heavy (non-hydrogen) atoms. The lowest BCUT2D eigenvalue weighted by molar-refractivity contribution is -0.155. The molecule has 1 saturated heterocycles. The highest BCUT2D eigenvalue weighted by Gasteiger charge is 2.43. The van der Waals surface area contributed by atoms with Crippen LogP contribution in [0.3, 0.4) is 0 Å². The van der Waals surface area contributed by atoms with Crippen molar-refractivity contribution >= 4 is 28.5 Å². The summed E-state index contributed by atoms with van der Waals surface area (Å²) in [4.78, 5) is 14.1. The molecule has 2 aliphatic heterocycles. The van der Waals surface area contributed by atoms with E-state index in [1.54, 1.807) is 18.2 Å². The second-order valence-electron chi connectivity index (χ2n) is 8.28. The van der Waals surface area contributed by atoms with Crippen LogP contribution in [0.15, 0.2) is 18.2 Å². The normalized spacial score (nSPS) is 21.4. The Hall–Kier alpha value is -2.64. The number of H-pyrrole nitrogens is 1. The molecule has 0 spiro atoms. The number of ether oxygens (including phenoxy) is 2. The fourth-order valence-corrected chi connectivity index (χ4v) is 4.68. The van der Waals surface area contributed by atoms with Gasteiger partial charge in [0, 0.05) is 28.2 Å². The predicted octanol–water partition coefficient (Wildman–Crippen LogP) is 5.30. The Balaban J connectivity index is 1.63. The van der Waals surface area contributed by atoms with E-state index in [0.717, 1.165) is 16.5 Å². The number of anilines is 1. The third kappa shape index (κ3) is 4.76. The summed E-state index contributed by atoms with van der Waals surface area (Å²) in [5, 5.41) is 1.35. The lowest BCUT2D eigenvalue weighted by Gasteiger charge is -2.38. The molecule has 188 valence electrons. The predicted molar refractivity (Wildman–Crippen MR) is 112 cm³/mol. The van der Waals surface area contributed by atoms with Crippen LogP contribution >= 0.6 is 11.6 Å². The zero-order valence-electron chi connectivity index (χ0n) is 17.9. The Morgan fingerprint density at radius 1 is 1.06 bits per heavy atom. The van der Waals surface area contributed by atoms with Crippen LogP contribution in [-0.2, 0) is 28.2 Å². The van der Waals surface area contributed by atoms with Crippen LogP contribution in [0.5, 0.6) is 0 Å². The van der Waals surface area contributed by atoms with Crippen LogP contribution in [0.25, 0.3) is 10.9 Å². The Morgan fingerprint density at radius 3 is 2.40 bits per heavy atom. The molecule has 2 aromatic heterocycles. The van der Waals surface area contributed by atoms with Gasteiger partial charge in [-0.2, -0.15) is 36.3 Å². The van der Waals surface area contributed by atoms with Gasteiger partial charge in [-0.3, -0.25) is 0 Å². The highest BCUT2D eigenvalue weighted by molar-refractivity contribution is 6.31. The van der Waals surface area contributed by atoms with E-state index in [1.807, 2.05) is 0 Å². The first-order valence-electron chi connectivity index (χ1n) is 10.7. The first-order valence-corrected chi connectivity index (χ1v) is 11.0.